The van der Waals surface area contributed by atoms with E-state index in [0.717, 1.165) is 5.56 Å². The van der Waals surface area contributed by atoms with Crippen molar-refractivity contribution >= 4 is 11.6 Å². The summed E-state index contributed by atoms with van der Waals surface area (Å²) in [4.78, 5) is 3.61. The first-order valence-corrected chi connectivity index (χ1v) is 3.98. The first kappa shape index (κ1) is 9.39. The molecule has 1 heterocycles. The fourth-order valence-electron chi connectivity index (χ4n) is 0.944. The van der Waals surface area contributed by atoms with Crippen LogP contribution in [0, 0.1) is 6.92 Å². The minimum Gasteiger partial charge on any atom is -0.255 e. The number of halogens is 3. The molecule has 1 aromatic rings. The van der Waals surface area contributed by atoms with Crippen LogP contribution in [-0.4, -0.2) is 4.98 Å². The molecular formula is C8H8ClF2N. The van der Waals surface area contributed by atoms with Gasteiger partial charge in [-0.15, -0.1) is 11.6 Å². The van der Waals surface area contributed by atoms with Crippen molar-refractivity contribution in [2.24, 2.45) is 0 Å². The van der Waals surface area contributed by atoms with E-state index in [1.807, 2.05) is 0 Å². The zero-order valence-corrected chi connectivity index (χ0v) is 7.28. The molecule has 0 fully saturated rings. The van der Waals surface area contributed by atoms with E-state index in [2.05, 4.69) is 4.98 Å². The maximum Gasteiger partial charge on any atom is 0.280 e. The van der Waals surface area contributed by atoms with Gasteiger partial charge in [0.05, 0.1) is 0 Å². The van der Waals surface area contributed by atoms with Crippen molar-refractivity contribution in [2.75, 3.05) is 0 Å². The number of nitrogens with zero attached hydrogens (tertiary/aromatic N) is 1. The zero-order chi connectivity index (χ0) is 9.14. The molecule has 0 atom stereocenters. The molecule has 0 aliphatic rings. The summed E-state index contributed by atoms with van der Waals surface area (Å²) < 4.78 is 24.5. The molecule has 0 amide bonds. The zero-order valence-electron chi connectivity index (χ0n) is 6.52. The Kier molecular flexibility index (Phi) is 2.98. The Morgan fingerprint density at radius 3 is 2.75 bits per heavy atom. The second-order valence-electron chi connectivity index (χ2n) is 2.49. The van der Waals surface area contributed by atoms with Crippen LogP contribution in [0.15, 0.2) is 12.3 Å². The van der Waals surface area contributed by atoms with Crippen LogP contribution in [0.3, 0.4) is 0 Å². The van der Waals surface area contributed by atoms with Crippen molar-refractivity contribution in [3.05, 3.63) is 29.1 Å². The fourth-order valence-corrected chi connectivity index (χ4v) is 1.16. The van der Waals surface area contributed by atoms with E-state index in [0.29, 0.717) is 5.56 Å². The van der Waals surface area contributed by atoms with Gasteiger partial charge in [-0.05, 0) is 18.1 Å². The van der Waals surface area contributed by atoms with Crippen LogP contribution in [0.5, 0.6) is 0 Å². The van der Waals surface area contributed by atoms with Gasteiger partial charge < -0.3 is 0 Å². The number of hydrogen-bond acceptors (Lipinski definition) is 1. The molecule has 1 aromatic heterocycles. The van der Waals surface area contributed by atoms with Gasteiger partial charge >= 0.3 is 0 Å². The summed E-state index contributed by atoms with van der Waals surface area (Å²) >= 11 is 5.47. The number of aryl methyl sites for hydroxylation is 1. The molecule has 0 aliphatic heterocycles. The molecule has 0 unspecified atom stereocenters. The third-order valence-corrected chi connectivity index (χ3v) is 1.78. The predicted octanol–water partition coefficient (Wildman–Crippen LogP) is 3.07. The minimum atomic E-state index is -2.54. The van der Waals surface area contributed by atoms with Crippen molar-refractivity contribution in [1.29, 1.82) is 0 Å². The van der Waals surface area contributed by atoms with Gasteiger partial charge in [-0.2, -0.15) is 0 Å². The molecule has 0 bridgehead atoms. The molecule has 12 heavy (non-hydrogen) atoms. The van der Waals surface area contributed by atoms with Gasteiger partial charge in [0.15, 0.2) is 0 Å². The summed E-state index contributed by atoms with van der Waals surface area (Å²) in [6, 6.07) is 1.63. The SMILES string of the molecule is Cc1cnc(C(F)F)c(CCl)c1. The first-order chi connectivity index (χ1) is 5.65. The molecule has 0 saturated carbocycles. The van der Waals surface area contributed by atoms with Gasteiger partial charge in [0.1, 0.15) is 5.69 Å². The number of aromatic nitrogens is 1. The molecule has 1 rings (SSSR count). The maximum absolute atomic E-state index is 12.2. The van der Waals surface area contributed by atoms with Crippen LogP contribution < -0.4 is 0 Å². The topological polar surface area (TPSA) is 12.9 Å². The lowest BCUT2D eigenvalue weighted by atomic mass is 10.2. The number of hydrogen-bond donors (Lipinski definition) is 0. The lowest BCUT2D eigenvalue weighted by Gasteiger charge is -2.04. The van der Waals surface area contributed by atoms with Crippen LogP contribution in [-0.2, 0) is 5.88 Å². The Balaban J connectivity index is 3.11. The minimum absolute atomic E-state index is 0.0777. The molecule has 0 spiro atoms. The maximum atomic E-state index is 12.2. The van der Waals surface area contributed by atoms with Crippen molar-refractivity contribution in [1.82, 2.24) is 4.98 Å². The van der Waals surface area contributed by atoms with E-state index in [9.17, 15) is 8.78 Å². The van der Waals surface area contributed by atoms with Gasteiger partial charge in [0.25, 0.3) is 6.43 Å². The summed E-state index contributed by atoms with van der Waals surface area (Å²) in [5.74, 6) is 0.0777. The smallest absolute Gasteiger partial charge is 0.255 e. The van der Waals surface area contributed by atoms with E-state index < -0.39 is 6.43 Å². The lowest BCUT2D eigenvalue weighted by Crippen LogP contribution is -1.96. The number of alkyl halides is 3. The van der Waals surface area contributed by atoms with Gasteiger partial charge in [-0.1, -0.05) is 6.07 Å². The highest BCUT2D eigenvalue weighted by Gasteiger charge is 2.13. The second-order valence-corrected chi connectivity index (χ2v) is 2.76. The summed E-state index contributed by atoms with van der Waals surface area (Å²) in [7, 11) is 0. The Labute approximate surface area is 74.4 Å². The van der Waals surface area contributed by atoms with Crippen LogP contribution in [0.1, 0.15) is 23.2 Å². The first-order valence-electron chi connectivity index (χ1n) is 3.44. The molecule has 1 nitrogen and oxygen atoms in total. The number of pyridine rings is 1. The van der Waals surface area contributed by atoms with E-state index in [4.69, 9.17) is 11.6 Å². The average molecular weight is 192 g/mol. The van der Waals surface area contributed by atoms with Crippen molar-refractivity contribution < 1.29 is 8.78 Å². The van der Waals surface area contributed by atoms with E-state index >= 15 is 0 Å². The summed E-state index contributed by atoms with van der Waals surface area (Å²) in [5.41, 5.74) is 1.04. The van der Waals surface area contributed by atoms with Crippen LogP contribution in [0.2, 0.25) is 0 Å². The quantitative estimate of drug-likeness (QED) is 0.655. The van der Waals surface area contributed by atoms with Crippen LogP contribution >= 0.6 is 11.6 Å². The monoisotopic (exact) mass is 191 g/mol. The second kappa shape index (κ2) is 3.81. The highest BCUT2D eigenvalue weighted by molar-refractivity contribution is 6.17. The average Bonchev–Trinajstić information content (AvgIpc) is 2.03. The number of rotatable bonds is 2. The van der Waals surface area contributed by atoms with Crippen molar-refractivity contribution in [2.45, 2.75) is 19.2 Å². The molecule has 66 valence electrons. The van der Waals surface area contributed by atoms with Crippen LogP contribution in [0.25, 0.3) is 0 Å². The Morgan fingerprint density at radius 2 is 2.25 bits per heavy atom. The Morgan fingerprint density at radius 1 is 1.58 bits per heavy atom. The highest BCUT2D eigenvalue weighted by atomic mass is 35.5. The van der Waals surface area contributed by atoms with Gasteiger partial charge in [-0.3, -0.25) is 4.98 Å². The van der Waals surface area contributed by atoms with Gasteiger partial charge in [0, 0.05) is 12.1 Å². The highest BCUT2D eigenvalue weighted by Crippen LogP contribution is 2.22. The largest absolute Gasteiger partial charge is 0.280 e. The van der Waals surface area contributed by atoms with E-state index in [-0.39, 0.29) is 11.6 Å². The molecular weight excluding hydrogens is 184 g/mol. The predicted molar refractivity (Wildman–Crippen MR) is 43.5 cm³/mol. The third kappa shape index (κ3) is 1.91. The third-order valence-electron chi connectivity index (χ3n) is 1.49. The molecule has 4 heteroatoms. The summed E-state index contributed by atoms with van der Waals surface area (Å²) in [5, 5.41) is 0. The normalized spacial score (nSPS) is 10.8. The summed E-state index contributed by atoms with van der Waals surface area (Å²) in [6.45, 7) is 1.79. The van der Waals surface area contributed by atoms with Crippen molar-refractivity contribution in [3.8, 4) is 0 Å². The van der Waals surface area contributed by atoms with Crippen molar-refractivity contribution in [3.63, 3.8) is 0 Å². The molecule has 0 aromatic carbocycles. The van der Waals surface area contributed by atoms with Gasteiger partial charge in [0.2, 0.25) is 0 Å². The molecule has 0 radical (unpaired) electrons. The fraction of sp³-hybridized carbons (Fsp3) is 0.375. The van der Waals surface area contributed by atoms with Gasteiger partial charge in [-0.25, -0.2) is 8.78 Å². The van der Waals surface area contributed by atoms with Crippen LogP contribution in [0.4, 0.5) is 8.78 Å². The Bertz CT molecular complexity index is 276. The summed E-state index contributed by atoms with van der Waals surface area (Å²) in [6.07, 6.45) is -1.13. The Hall–Kier alpha value is -0.700. The molecule has 0 saturated heterocycles. The lowest BCUT2D eigenvalue weighted by molar-refractivity contribution is 0.145. The van der Waals surface area contributed by atoms with E-state index in [1.54, 1.807) is 13.0 Å². The standard InChI is InChI=1S/C8H8ClF2N/c1-5-2-6(3-9)7(8(10)11)12-4-5/h2,4,8H,3H2,1H3. The molecule has 0 N–H and O–H groups in total. The van der Waals surface area contributed by atoms with E-state index in [1.165, 1.54) is 6.20 Å². The molecule has 0 aliphatic carbocycles.